The fourth-order valence-corrected chi connectivity index (χ4v) is 3.31. The highest BCUT2D eigenvalue weighted by molar-refractivity contribution is 5.92. The number of benzene rings is 3. The molecular weight excluding hydrogens is 352 g/mol. The molecule has 0 spiro atoms. The Balaban J connectivity index is 1.78. The number of carboxylic acids is 1. The zero-order chi connectivity index (χ0) is 19.5. The van der Waals surface area contributed by atoms with Crippen LogP contribution in [0.5, 0.6) is 5.75 Å². The number of carboxylic acid groups (broad SMARTS) is 1. The van der Waals surface area contributed by atoms with E-state index in [1.165, 1.54) is 0 Å². The number of ether oxygens (including phenoxy) is 1. The maximum Gasteiger partial charge on any atom is 0.335 e. The molecule has 140 valence electrons. The lowest BCUT2D eigenvalue weighted by Gasteiger charge is -2.10. The molecule has 0 amide bonds. The molecular formula is C23H20N2O3. The molecule has 4 rings (SSSR count). The number of aromatic carboxylic acids is 1. The van der Waals surface area contributed by atoms with Gasteiger partial charge in [-0.1, -0.05) is 42.5 Å². The maximum atomic E-state index is 11.4. The number of hydrogen-bond donors (Lipinski definition) is 1. The van der Waals surface area contributed by atoms with Crippen molar-refractivity contribution < 1.29 is 14.6 Å². The second-order valence-corrected chi connectivity index (χ2v) is 6.63. The number of rotatable bonds is 6. The minimum absolute atomic E-state index is 0.262. The standard InChI is InChI=1S/C23H20N2O3/c1-28-19-10-7-16(8-11-19)13-22-24-20-12-9-18(23(26)27)14-21(20)25(22)15-17-5-3-2-4-6-17/h2-12,14H,13,15H2,1H3,(H,26,27). The van der Waals surface area contributed by atoms with Crippen molar-refractivity contribution in [2.75, 3.05) is 7.11 Å². The van der Waals surface area contributed by atoms with Crippen LogP contribution in [0.25, 0.3) is 11.0 Å². The first-order valence-corrected chi connectivity index (χ1v) is 9.03. The smallest absolute Gasteiger partial charge is 0.335 e. The molecule has 4 aromatic rings. The summed E-state index contributed by atoms with van der Waals surface area (Å²) in [5.74, 6) is 0.769. The summed E-state index contributed by atoms with van der Waals surface area (Å²) in [6.07, 6.45) is 0.647. The van der Waals surface area contributed by atoms with Gasteiger partial charge < -0.3 is 14.4 Å². The second-order valence-electron chi connectivity index (χ2n) is 6.63. The lowest BCUT2D eigenvalue weighted by atomic mass is 10.1. The molecule has 0 aliphatic rings. The molecule has 5 heteroatoms. The summed E-state index contributed by atoms with van der Waals surface area (Å²) in [5, 5.41) is 9.37. The monoisotopic (exact) mass is 372 g/mol. The fourth-order valence-electron chi connectivity index (χ4n) is 3.31. The van der Waals surface area contributed by atoms with E-state index in [1.807, 2.05) is 42.5 Å². The van der Waals surface area contributed by atoms with E-state index >= 15 is 0 Å². The summed E-state index contributed by atoms with van der Waals surface area (Å²) < 4.78 is 7.33. The van der Waals surface area contributed by atoms with Crippen LogP contribution >= 0.6 is 0 Å². The van der Waals surface area contributed by atoms with E-state index < -0.39 is 5.97 Å². The summed E-state index contributed by atoms with van der Waals surface area (Å²) in [5.41, 5.74) is 4.14. The van der Waals surface area contributed by atoms with Gasteiger partial charge in [0.15, 0.2) is 0 Å². The minimum Gasteiger partial charge on any atom is -0.497 e. The van der Waals surface area contributed by atoms with Crippen LogP contribution in [0.4, 0.5) is 0 Å². The third kappa shape index (κ3) is 3.60. The number of imidazole rings is 1. The molecule has 3 aromatic carbocycles. The van der Waals surface area contributed by atoms with Gasteiger partial charge in [-0.3, -0.25) is 0 Å². The first kappa shape index (κ1) is 17.8. The normalized spacial score (nSPS) is 10.9. The summed E-state index contributed by atoms with van der Waals surface area (Å²) in [6.45, 7) is 0.631. The van der Waals surface area contributed by atoms with Crippen molar-refractivity contribution in [2.24, 2.45) is 0 Å². The predicted octanol–water partition coefficient (Wildman–Crippen LogP) is 4.38. The largest absolute Gasteiger partial charge is 0.497 e. The van der Waals surface area contributed by atoms with Gasteiger partial charge in [0.05, 0.1) is 23.7 Å². The van der Waals surface area contributed by atoms with Crippen molar-refractivity contribution in [3.63, 3.8) is 0 Å². The Morgan fingerprint density at radius 1 is 1.00 bits per heavy atom. The highest BCUT2D eigenvalue weighted by Crippen LogP contribution is 2.23. The van der Waals surface area contributed by atoms with E-state index in [2.05, 4.69) is 16.7 Å². The summed E-state index contributed by atoms with van der Waals surface area (Å²) in [4.78, 5) is 16.2. The van der Waals surface area contributed by atoms with Crippen molar-refractivity contribution >= 4 is 17.0 Å². The Hall–Kier alpha value is -3.60. The topological polar surface area (TPSA) is 64.3 Å². The number of methoxy groups -OCH3 is 1. The predicted molar refractivity (Wildman–Crippen MR) is 108 cm³/mol. The van der Waals surface area contributed by atoms with E-state index in [0.29, 0.717) is 13.0 Å². The number of hydrogen-bond acceptors (Lipinski definition) is 3. The van der Waals surface area contributed by atoms with Crippen LogP contribution in [-0.4, -0.2) is 27.7 Å². The van der Waals surface area contributed by atoms with Crippen molar-refractivity contribution in [2.45, 2.75) is 13.0 Å². The highest BCUT2D eigenvalue weighted by Gasteiger charge is 2.14. The van der Waals surface area contributed by atoms with Crippen LogP contribution in [0.2, 0.25) is 0 Å². The molecule has 0 saturated heterocycles. The lowest BCUT2D eigenvalue weighted by molar-refractivity contribution is 0.0697. The average Bonchev–Trinajstić information content (AvgIpc) is 3.05. The zero-order valence-electron chi connectivity index (χ0n) is 15.5. The lowest BCUT2D eigenvalue weighted by Crippen LogP contribution is -2.06. The Labute approximate surface area is 162 Å². The van der Waals surface area contributed by atoms with Crippen LogP contribution < -0.4 is 4.74 Å². The molecule has 0 fully saturated rings. The first-order chi connectivity index (χ1) is 13.6. The fraction of sp³-hybridized carbons (Fsp3) is 0.130. The van der Waals surface area contributed by atoms with Crippen molar-refractivity contribution in [3.8, 4) is 5.75 Å². The quantitative estimate of drug-likeness (QED) is 0.545. The maximum absolute atomic E-state index is 11.4. The molecule has 5 nitrogen and oxygen atoms in total. The number of carbonyl (C=O) groups is 1. The number of nitrogens with zero attached hydrogens (tertiary/aromatic N) is 2. The molecule has 0 bridgehead atoms. The molecule has 0 atom stereocenters. The van der Waals surface area contributed by atoms with Gasteiger partial charge in [0.25, 0.3) is 0 Å². The van der Waals surface area contributed by atoms with Crippen molar-refractivity contribution in [1.82, 2.24) is 9.55 Å². The van der Waals surface area contributed by atoms with Gasteiger partial charge in [-0.05, 0) is 41.5 Å². The summed E-state index contributed by atoms with van der Waals surface area (Å²) >= 11 is 0. The Morgan fingerprint density at radius 3 is 2.43 bits per heavy atom. The molecule has 1 N–H and O–H groups in total. The van der Waals surface area contributed by atoms with Crippen LogP contribution in [0.1, 0.15) is 27.3 Å². The van der Waals surface area contributed by atoms with Crippen LogP contribution in [-0.2, 0) is 13.0 Å². The third-order valence-electron chi connectivity index (χ3n) is 4.78. The van der Waals surface area contributed by atoms with Gasteiger partial charge in [-0.25, -0.2) is 9.78 Å². The van der Waals surface area contributed by atoms with E-state index in [4.69, 9.17) is 9.72 Å². The van der Waals surface area contributed by atoms with E-state index in [0.717, 1.165) is 33.7 Å². The zero-order valence-corrected chi connectivity index (χ0v) is 15.5. The number of fused-ring (bicyclic) bond motifs is 1. The molecule has 0 aliphatic heterocycles. The molecule has 0 saturated carbocycles. The van der Waals surface area contributed by atoms with Crippen LogP contribution in [0.15, 0.2) is 72.8 Å². The van der Waals surface area contributed by atoms with Crippen LogP contribution in [0.3, 0.4) is 0 Å². The van der Waals surface area contributed by atoms with Gasteiger partial charge >= 0.3 is 5.97 Å². The average molecular weight is 372 g/mol. The van der Waals surface area contributed by atoms with E-state index in [9.17, 15) is 9.90 Å². The molecule has 1 aromatic heterocycles. The highest BCUT2D eigenvalue weighted by atomic mass is 16.5. The number of aromatic nitrogens is 2. The van der Waals surface area contributed by atoms with Crippen molar-refractivity contribution in [1.29, 1.82) is 0 Å². The SMILES string of the molecule is COc1ccc(Cc2nc3ccc(C(=O)O)cc3n2Cc2ccccc2)cc1. The van der Waals surface area contributed by atoms with Gasteiger partial charge in [0.2, 0.25) is 0 Å². The van der Waals surface area contributed by atoms with E-state index in [-0.39, 0.29) is 5.56 Å². The Morgan fingerprint density at radius 2 is 1.75 bits per heavy atom. The van der Waals surface area contributed by atoms with Crippen molar-refractivity contribution in [3.05, 3.63) is 95.3 Å². The van der Waals surface area contributed by atoms with Gasteiger partial charge in [0.1, 0.15) is 11.6 Å². The molecule has 0 radical (unpaired) electrons. The molecule has 28 heavy (non-hydrogen) atoms. The summed E-state index contributed by atoms with van der Waals surface area (Å²) in [7, 11) is 1.65. The van der Waals surface area contributed by atoms with E-state index in [1.54, 1.807) is 25.3 Å². The first-order valence-electron chi connectivity index (χ1n) is 9.03. The van der Waals surface area contributed by atoms with Gasteiger partial charge in [-0.15, -0.1) is 0 Å². The Kier molecular flexibility index (Phi) is 4.81. The van der Waals surface area contributed by atoms with Gasteiger partial charge in [-0.2, -0.15) is 0 Å². The van der Waals surface area contributed by atoms with Gasteiger partial charge in [0, 0.05) is 13.0 Å². The second kappa shape index (κ2) is 7.56. The minimum atomic E-state index is -0.939. The Bertz CT molecular complexity index is 1120. The molecule has 1 heterocycles. The van der Waals surface area contributed by atoms with Crippen LogP contribution in [0, 0.1) is 0 Å². The molecule has 0 unspecified atom stereocenters. The third-order valence-corrected chi connectivity index (χ3v) is 4.78. The summed E-state index contributed by atoms with van der Waals surface area (Å²) in [6, 6.07) is 23.1. The molecule has 0 aliphatic carbocycles.